The number of hydrazine groups is 3. The fourth-order valence-corrected chi connectivity index (χ4v) is 17.2. The monoisotopic (exact) mass is 1740 g/mol. The molecule has 5 aromatic carbocycles. The lowest BCUT2D eigenvalue weighted by atomic mass is 10.1. The summed E-state index contributed by atoms with van der Waals surface area (Å²) in [6.45, 7) is 32.9. The van der Waals surface area contributed by atoms with Crippen LogP contribution in [0.1, 0.15) is 60.3 Å². The number of aromatic nitrogens is 6. The molecule has 548 valence electrons. The van der Waals surface area contributed by atoms with Gasteiger partial charge in [-0.15, -0.1) is 11.3 Å². The number of carbonyl (C=O) groups is 3. The molecule has 0 atom stereocenters. The summed E-state index contributed by atoms with van der Waals surface area (Å²) in [5.74, 6) is 10.1. The number of rotatable bonds is 14. The largest absolute Gasteiger partial charge is 0.316 e. The van der Waals surface area contributed by atoms with Crippen LogP contribution in [0.2, 0.25) is 30.1 Å². The molecule has 4 aromatic heterocycles. The van der Waals surface area contributed by atoms with Gasteiger partial charge < -0.3 is 9.69 Å². The fraction of sp³-hybridized carbons (Fsp3) is 0.239. The average Bonchev–Trinajstić information content (AvgIpc) is 1.63. The van der Waals surface area contributed by atoms with Gasteiger partial charge in [0.1, 0.15) is 0 Å². The zero-order valence-corrected chi connectivity index (χ0v) is 66.0. The van der Waals surface area contributed by atoms with E-state index in [9.17, 15) is 39.6 Å². The lowest BCUT2D eigenvalue weighted by Gasteiger charge is -2.26. The highest BCUT2D eigenvalue weighted by Gasteiger charge is 2.33. The smallest absolute Gasteiger partial charge is 0.286 e. The summed E-state index contributed by atoms with van der Waals surface area (Å²) in [5.41, 5.74) is 13.7. The summed E-state index contributed by atoms with van der Waals surface area (Å²) in [7, 11) is -9.31. The van der Waals surface area contributed by atoms with E-state index in [2.05, 4.69) is 97.2 Å². The zero-order chi connectivity index (χ0) is 76.9. The first kappa shape index (κ1) is 80.7. The first-order valence-electron chi connectivity index (χ1n) is 32.0. The Morgan fingerprint density at radius 2 is 0.841 bits per heavy atom. The van der Waals surface area contributed by atoms with Crippen molar-refractivity contribution in [3.05, 3.63) is 228 Å². The van der Waals surface area contributed by atoms with Gasteiger partial charge in [-0.05, 0) is 132 Å². The van der Waals surface area contributed by atoms with Gasteiger partial charge in [0.15, 0.2) is 46.6 Å². The third-order valence-electron chi connectivity index (χ3n) is 16.2. The molecular weight excluding hydrogens is 1690 g/mol. The third kappa shape index (κ3) is 20.5. The van der Waals surface area contributed by atoms with Crippen LogP contribution in [0.4, 0.5) is 11.4 Å². The minimum atomic E-state index is -3.13. The number of carbonyl (C=O) groups excluding carboxylic acids is 3. The topological polar surface area (TPSA) is 270 Å². The number of halogens is 7. The standard InChI is InChI=1S/C26H20Cl2N6O3S.C24H21Cl2N5O3S2.C21H16Cl2IN5O3S/c1-29-12-4-3-5-18-6-8-19(9-7-18)25-23(30-2)24(26(35)32-33-13-15-38(36,37)16-14-33)31-34(25)22-11-10-20(27)17-21(22)28;1-16-22(24(32)29-30-11-13-36(33,34)14-12-30)28-31(20-8-6-17(25)15-19(20)26)23(16)21-9-7-18(35-21)5-3-4-10-27-2;1-25-18-19(21(30)27-28-8-10-33(31,32)11-9-28)26-29(17-7-4-14(22)12-16(17)23)20(18)13-2-5-15(24)6-3-13/h6-11,17H,4,12-16H2,(H,32,35);6-9,15H,4,10-14H2,1H3,(H,29,32);2-7,12H,8-11H2,(H,27,30). The van der Waals surface area contributed by atoms with Gasteiger partial charge in [-0.3, -0.25) is 30.7 Å². The third-order valence-corrected chi connectivity index (χ3v) is 24.4. The van der Waals surface area contributed by atoms with Gasteiger partial charge in [-0.2, -0.15) is 15.3 Å². The number of thiophene rings is 1. The lowest BCUT2D eigenvalue weighted by molar-refractivity contribution is 0.0789. The summed E-state index contributed by atoms with van der Waals surface area (Å²) in [4.78, 5) is 55.0. The highest BCUT2D eigenvalue weighted by Crippen LogP contribution is 2.41. The van der Waals surface area contributed by atoms with Crippen LogP contribution < -0.4 is 16.3 Å². The van der Waals surface area contributed by atoms with Gasteiger partial charge >= 0.3 is 0 Å². The molecule has 7 heterocycles. The maximum absolute atomic E-state index is 13.2. The van der Waals surface area contributed by atoms with Crippen molar-refractivity contribution < 1.29 is 39.6 Å². The first-order valence-corrected chi connectivity index (χ1v) is 41.6. The van der Waals surface area contributed by atoms with E-state index >= 15 is 0 Å². The quantitative estimate of drug-likeness (QED) is 0.0395. The van der Waals surface area contributed by atoms with Gasteiger partial charge in [0.25, 0.3) is 17.7 Å². The maximum atomic E-state index is 13.2. The van der Waals surface area contributed by atoms with Gasteiger partial charge in [-0.25, -0.2) is 77.2 Å². The van der Waals surface area contributed by atoms with E-state index < -0.39 is 47.2 Å². The Balaban J connectivity index is 0.000000172. The Morgan fingerprint density at radius 1 is 0.486 bits per heavy atom. The molecule has 9 aromatic rings. The summed E-state index contributed by atoms with van der Waals surface area (Å²) in [6.07, 6.45) is 0.965. The van der Waals surface area contributed by atoms with E-state index in [0.717, 1.165) is 18.9 Å². The minimum Gasteiger partial charge on any atom is -0.316 e. The highest BCUT2D eigenvalue weighted by atomic mass is 127. The Kier molecular flexibility index (Phi) is 27.1. The van der Waals surface area contributed by atoms with E-state index in [0.29, 0.717) is 102 Å². The molecule has 3 amide bonds. The molecular formula is C71H57Cl6IN16O9S4. The molecule has 0 spiro atoms. The zero-order valence-electron chi connectivity index (χ0n) is 56.1. The molecule has 3 aliphatic heterocycles. The molecule has 0 unspecified atom stereocenters. The number of amides is 3. The Morgan fingerprint density at radius 3 is 1.21 bits per heavy atom. The predicted octanol–water partition coefficient (Wildman–Crippen LogP) is 13.1. The molecule has 12 rings (SSSR count). The Bertz CT molecular complexity index is 5610. The number of nitrogens with one attached hydrogen (secondary N) is 3. The number of hydrogen-bond donors (Lipinski definition) is 3. The molecule has 3 fully saturated rings. The van der Waals surface area contributed by atoms with Crippen LogP contribution >= 0.6 is 104 Å². The van der Waals surface area contributed by atoms with Crippen molar-refractivity contribution in [3.63, 3.8) is 0 Å². The normalized spacial score (nSPS) is 15.1. The molecule has 107 heavy (non-hydrogen) atoms. The molecule has 25 nitrogen and oxygen atoms in total. The highest BCUT2D eigenvalue weighted by molar-refractivity contribution is 14.1. The van der Waals surface area contributed by atoms with Crippen LogP contribution in [0, 0.1) is 60.5 Å². The number of hydrogen-bond acceptors (Lipinski definition) is 16. The first-order chi connectivity index (χ1) is 51.1. The Labute approximate surface area is 664 Å². The summed E-state index contributed by atoms with van der Waals surface area (Å²) in [6, 6.07) is 33.1. The summed E-state index contributed by atoms with van der Waals surface area (Å²) < 4.78 is 75.8. The van der Waals surface area contributed by atoms with Crippen LogP contribution in [0.25, 0.3) is 69.5 Å². The van der Waals surface area contributed by atoms with Crippen molar-refractivity contribution >= 4 is 162 Å². The number of benzene rings is 5. The molecule has 36 heteroatoms. The van der Waals surface area contributed by atoms with Crippen LogP contribution in [0.3, 0.4) is 0 Å². The van der Waals surface area contributed by atoms with Crippen LogP contribution in [-0.4, -0.2) is 174 Å². The SMILES string of the molecule is [C-]#[N+]CCC#Cc1ccc(-c2c(C)c(C(=O)NN3CCS(=O)(=O)CC3)nn2-c2ccc(Cl)cc2Cl)s1.[C-]#[N+]CCC#Cc1ccc(-c2c([N+]#[C-])c(C(=O)NN3CCS(=O)(=O)CC3)nn2-c2ccc(Cl)cc2Cl)cc1.[C-]#[N+]c1c(C(=O)NN2CCS(=O)(=O)CC2)nn(-c2ccc(Cl)cc2Cl)c1-c1ccc(I)cc1. The second-order valence-electron chi connectivity index (χ2n) is 23.5. The molecule has 0 saturated carbocycles. The number of nitrogens with zero attached hydrogens (tertiary/aromatic N) is 13. The van der Waals surface area contributed by atoms with Crippen molar-refractivity contribution in [1.29, 1.82) is 0 Å². The van der Waals surface area contributed by atoms with E-state index in [1.165, 1.54) is 36.8 Å². The van der Waals surface area contributed by atoms with E-state index in [1.807, 2.05) is 36.4 Å². The lowest BCUT2D eigenvalue weighted by Crippen LogP contribution is -2.50. The van der Waals surface area contributed by atoms with Crippen molar-refractivity contribution in [2.75, 3.05) is 86.9 Å². The molecule has 3 N–H and O–H groups in total. The van der Waals surface area contributed by atoms with Gasteiger partial charge in [0.05, 0.1) is 119 Å². The van der Waals surface area contributed by atoms with Crippen molar-refractivity contribution in [3.8, 4) is 73.8 Å². The van der Waals surface area contributed by atoms with Crippen molar-refractivity contribution in [1.82, 2.24) is 60.6 Å². The average molecular weight is 1750 g/mol. The van der Waals surface area contributed by atoms with Crippen LogP contribution in [0.15, 0.2) is 115 Å². The van der Waals surface area contributed by atoms with E-state index in [-0.39, 0.29) is 107 Å². The number of sulfone groups is 3. The molecule has 0 radical (unpaired) electrons. The van der Waals surface area contributed by atoms with E-state index in [4.69, 9.17) is 95.9 Å². The second kappa shape index (κ2) is 35.9. The fourth-order valence-electron chi connectivity index (χ4n) is 10.8. The van der Waals surface area contributed by atoms with Crippen LogP contribution in [0.5, 0.6) is 0 Å². The maximum Gasteiger partial charge on any atom is 0.286 e. The van der Waals surface area contributed by atoms with E-state index in [1.54, 1.807) is 89.4 Å². The summed E-state index contributed by atoms with van der Waals surface area (Å²) >= 11 is 41.2. The minimum absolute atomic E-state index is 0.00837. The van der Waals surface area contributed by atoms with Gasteiger partial charge in [-0.1, -0.05) is 118 Å². The predicted molar refractivity (Wildman–Crippen MR) is 424 cm³/mol. The second-order valence-corrected chi connectivity index (χ2v) is 35.3. The van der Waals surface area contributed by atoms with Gasteiger partial charge in [0, 0.05) is 69.0 Å². The summed E-state index contributed by atoms with van der Waals surface area (Å²) in [5, 5.41) is 20.4. The molecule has 3 saturated heterocycles. The van der Waals surface area contributed by atoms with Gasteiger partial charge in [0.2, 0.25) is 24.5 Å². The van der Waals surface area contributed by atoms with Crippen molar-refractivity contribution in [2.24, 2.45) is 0 Å². The Hall–Kier alpha value is -8.88. The molecule has 0 bridgehead atoms. The molecule has 3 aliphatic rings. The van der Waals surface area contributed by atoms with Crippen LogP contribution in [-0.2, 0) is 29.5 Å². The molecule has 0 aliphatic carbocycles. The van der Waals surface area contributed by atoms with Crippen molar-refractivity contribution in [2.45, 2.75) is 19.8 Å².